The summed E-state index contributed by atoms with van der Waals surface area (Å²) < 4.78 is 0.335. The third-order valence-electron chi connectivity index (χ3n) is 2.07. The van der Waals surface area contributed by atoms with Crippen LogP contribution in [0.15, 0.2) is 22.7 Å². The first-order valence-electron chi connectivity index (χ1n) is 4.35. The molecule has 0 saturated heterocycles. The van der Waals surface area contributed by atoms with Gasteiger partial charge < -0.3 is 15.3 Å². The molecule has 0 heterocycles. The number of aromatic hydroxyl groups is 1. The fourth-order valence-electron chi connectivity index (χ4n) is 1.32. The van der Waals surface area contributed by atoms with Crippen LogP contribution < -0.4 is 0 Å². The molecule has 0 aliphatic rings. The van der Waals surface area contributed by atoms with Crippen LogP contribution in [0.1, 0.15) is 17.9 Å². The van der Waals surface area contributed by atoms with Gasteiger partial charge in [0.15, 0.2) is 0 Å². The van der Waals surface area contributed by atoms with E-state index in [2.05, 4.69) is 15.9 Å². The molecular weight excluding hydrogens is 280 g/mol. The van der Waals surface area contributed by atoms with Gasteiger partial charge in [0.1, 0.15) is 5.75 Å². The van der Waals surface area contributed by atoms with Crippen molar-refractivity contribution in [2.75, 3.05) is 0 Å². The number of hydrogen-bond acceptors (Lipinski definition) is 3. The van der Waals surface area contributed by atoms with Crippen LogP contribution in [0.5, 0.6) is 5.75 Å². The van der Waals surface area contributed by atoms with Crippen LogP contribution in [0.3, 0.4) is 0 Å². The number of para-hydroxylation sites is 1. The Bertz CT molecular complexity index is 429. The van der Waals surface area contributed by atoms with Crippen LogP contribution in [0.2, 0.25) is 0 Å². The van der Waals surface area contributed by atoms with Crippen LogP contribution in [0, 0.1) is 0 Å². The van der Waals surface area contributed by atoms with E-state index in [0.29, 0.717) is 4.47 Å². The Morgan fingerprint density at radius 2 is 1.94 bits per heavy atom. The molecule has 5 nitrogen and oxygen atoms in total. The highest BCUT2D eigenvalue weighted by molar-refractivity contribution is 9.10. The normalized spacial score (nSPS) is 12.1. The largest absolute Gasteiger partial charge is 0.506 e. The van der Waals surface area contributed by atoms with Crippen molar-refractivity contribution in [2.45, 2.75) is 12.3 Å². The van der Waals surface area contributed by atoms with E-state index >= 15 is 0 Å². The van der Waals surface area contributed by atoms with Crippen molar-refractivity contribution < 1.29 is 24.9 Å². The molecule has 1 aromatic carbocycles. The van der Waals surface area contributed by atoms with Crippen molar-refractivity contribution in [1.82, 2.24) is 0 Å². The van der Waals surface area contributed by atoms with E-state index in [9.17, 15) is 14.7 Å². The van der Waals surface area contributed by atoms with Gasteiger partial charge in [-0.15, -0.1) is 0 Å². The summed E-state index contributed by atoms with van der Waals surface area (Å²) in [7, 11) is 0. The standard InChI is InChI=1S/C10H9BrO5/c11-7-3-1-2-5(9(7)14)6(10(15)16)4-8(12)13/h1-3,6,14H,4H2,(H,12,13)(H,15,16). The van der Waals surface area contributed by atoms with Gasteiger partial charge >= 0.3 is 11.9 Å². The number of carboxylic acids is 2. The number of benzene rings is 1. The molecule has 1 rings (SSSR count). The summed E-state index contributed by atoms with van der Waals surface area (Å²) in [6.07, 6.45) is -0.570. The molecule has 6 heteroatoms. The van der Waals surface area contributed by atoms with Crippen LogP contribution in [0.25, 0.3) is 0 Å². The molecule has 0 aromatic heterocycles. The SMILES string of the molecule is O=C(O)CC(C(=O)O)c1cccc(Br)c1O. The first-order chi connectivity index (χ1) is 7.43. The van der Waals surface area contributed by atoms with Gasteiger partial charge in [0.05, 0.1) is 16.8 Å². The maximum absolute atomic E-state index is 10.9. The summed E-state index contributed by atoms with van der Waals surface area (Å²) in [5.74, 6) is -4.01. The summed E-state index contributed by atoms with van der Waals surface area (Å²) in [5.41, 5.74) is 0.0873. The van der Waals surface area contributed by atoms with E-state index in [1.165, 1.54) is 12.1 Å². The second-order valence-corrected chi connectivity index (χ2v) is 4.02. The van der Waals surface area contributed by atoms with Crippen molar-refractivity contribution in [3.05, 3.63) is 28.2 Å². The molecule has 0 spiro atoms. The van der Waals surface area contributed by atoms with E-state index in [-0.39, 0.29) is 11.3 Å². The first-order valence-corrected chi connectivity index (χ1v) is 5.14. The smallest absolute Gasteiger partial charge is 0.311 e. The molecule has 0 aliphatic carbocycles. The number of phenolic OH excluding ortho intramolecular Hbond substituents is 1. The quantitative estimate of drug-likeness (QED) is 0.785. The fraction of sp³-hybridized carbons (Fsp3) is 0.200. The van der Waals surface area contributed by atoms with Gasteiger partial charge in [0.25, 0.3) is 0 Å². The zero-order valence-corrected chi connectivity index (χ0v) is 9.64. The van der Waals surface area contributed by atoms with E-state index in [0.717, 1.165) is 0 Å². The van der Waals surface area contributed by atoms with Crippen molar-refractivity contribution in [3.63, 3.8) is 0 Å². The van der Waals surface area contributed by atoms with E-state index in [4.69, 9.17) is 10.2 Å². The average Bonchev–Trinajstić information content (AvgIpc) is 2.18. The Labute approximate surface area is 99.5 Å². The minimum absolute atomic E-state index is 0.0873. The number of halogens is 1. The Hall–Kier alpha value is -1.56. The molecule has 1 unspecified atom stereocenters. The van der Waals surface area contributed by atoms with E-state index in [1.54, 1.807) is 6.07 Å². The van der Waals surface area contributed by atoms with E-state index < -0.39 is 24.3 Å². The number of phenols is 1. The lowest BCUT2D eigenvalue weighted by atomic mass is 9.95. The third kappa shape index (κ3) is 2.73. The Morgan fingerprint density at radius 1 is 1.31 bits per heavy atom. The molecular formula is C10H9BrO5. The van der Waals surface area contributed by atoms with Gasteiger partial charge in [-0.05, 0) is 22.0 Å². The van der Waals surface area contributed by atoms with Crippen LogP contribution in [-0.4, -0.2) is 27.3 Å². The Balaban J connectivity index is 3.16. The summed E-state index contributed by atoms with van der Waals surface area (Å²) in [5, 5.41) is 27.1. The van der Waals surface area contributed by atoms with Crippen LogP contribution >= 0.6 is 15.9 Å². The molecule has 1 aromatic rings. The molecule has 0 amide bonds. The predicted molar refractivity (Wildman–Crippen MR) is 58.4 cm³/mol. The highest BCUT2D eigenvalue weighted by Crippen LogP contribution is 2.34. The number of aliphatic carboxylic acids is 2. The molecule has 1 atom stereocenters. The first kappa shape index (κ1) is 12.5. The lowest BCUT2D eigenvalue weighted by Gasteiger charge is -2.12. The van der Waals surface area contributed by atoms with Crippen LogP contribution in [0.4, 0.5) is 0 Å². The summed E-state index contributed by atoms with van der Waals surface area (Å²) in [6.45, 7) is 0. The summed E-state index contributed by atoms with van der Waals surface area (Å²) >= 11 is 3.04. The summed E-state index contributed by atoms with van der Waals surface area (Å²) in [4.78, 5) is 21.4. The molecule has 86 valence electrons. The molecule has 16 heavy (non-hydrogen) atoms. The maximum atomic E-state index is 10.9. The van der Waals surface area contributed by atoms with Gasteiger partial charge in [-0.25, -0.2) is 0 Å². The van der Waals surface area contributed by atoms with Crippen molar-refractivity contribution in [1.29, 1.82) is 0 Å². The fourth-order valence-corrected chi connectivity index (χ4v) is 1.70. The van der Waals surface area contributed by atoms with Crippen LogP contribution in [-0.2, 0) is 9.59 Å². The average molecular weight is 289 g/mol. The predicted octanol–water partition coefficient (Wildman–Crippen LogP) is 1.80. The number of rotatable bonds is 4. The zero-order chi connectivity index (χ0) is 12.3. The zero-order valence-electron chi connectivity index (χ0n) is 8.05. The molecule has 0 radical (unpaired) electrons. The van der Waals surface area contributed by atoms with Crippen molar-refractivity contribution in [2.24, 2.45) is 0 Å². The number of hydrogen-bond donors (Lipinski definition) is 3. The Morgan fingerprint density at radius 3 is 2.44 bits per heavy atom. The molecule has 0 fully saturated rings. The van der Waals surface area contributed by atoms with Crippen molar-refractivity contribution >= 4 is 27.9 Å². The van der Waals surface area contributed by atoms with Crippen molar-refractivity contribution in [3.8, 4) is 5.75 Å². The Kier molecular flexibility index (Phi) is 3.89. The maximum Gasteiger partial charge on any atom is 0.311 e. The molecule has 3 N–H and O–H groups in total. The number of carbonyl (C=O) groups is 2. The minimum Gasteiger partial charge on any atom is -0.506 e. The lowest BCUT2D eigenvalue weighted by molar-refractivity contribution is -0.145. The number of carboxylic acid groups (broad SMARTS) is 2. The highest BCUT2D eigenvalue weighted by Gasteiger charge is 2.26. The second-order valence-electron chi connectivity index (χ2n) is 3.17. The van der Waals surface area contributed by atoms with Gasteiger partial charge in [0, 0.05) is 5.56 Å². The lowest BCUT2D eigenvalue weighted by Crippen LogP contribution is -2.16. The molecule has 0 bridgehead atoms. The highest BCUT2D eigenvalue weighted by atomic mass is 79.9. The third-order valence-corrected chi connectivity index (χ3v) is 2.71. The molecule has 0 aliphatic heterocycles. The van der Waals surface area contributed by atoms with Gasteiger partial charge in [0.2, 0.25) is 0 Å². The van der Waals surface area contributed by atoms with Gasteiger partial charge in [-0.3, -0.25) is 9.59 Å². The van der Waals surface area contributed by atoms with E-state index in [1.807, 2.05) is 0 Å². The topological polar surface area (TPSA) is 94.8 Å². The second kappa shape index (κ2) is 4.98. The van der Waals surface area contributed by atoms with Gasteiger partial charge in [-0.2, -0.15) is 0 Å². The monoisotopic (exact) mass is 288 g/mol. The van der Waals surface area contributed by atoms with Gasteiger partial charge in [-0.1, -0.05) is 12.1 Å². The minimum atomic E-state index is -1.28. The molecule has 0 saturated carbocycles. The summed E-state index contributed by atoms with van der Waals surface area (Å²) in [6, 6.07) is 4.47.